The number of aromatic nitrogens is 3. The van der Waals surface area contributed by atoms with Crippen LogP contribution in [0.3, 0.4) is 0 Å². The van der Waals surface area contributed by atoms with Crippen LogP contribution in [-0.4, -0.2) is 15.0 Å². The molecule has 0 radical (unpaired) electrons. The van der Waals surface area contributed by atoms with E-state index >= 15 is 0 Å². The van der Waals surface area contributed by atoms with Gasteiger partial charge in [0.25, 0.3) is 5.56 Å². The number of fused-ring (bicyclic) bond motifs is 3. The van der Waals surface area contributed by atoms with Crippen LogP contribution in [0.15, 0.2) is 39.8 Å². The second kappa shape index (κ2) is 6.48. The third kappa shape index (κ3) is 2.98. The van der Waals surface area contributed by atoms with E-state index in [1.165, 1.54) is 22.7 Å². The van der Waals surface area contributed by atoms with Gasteiger partial charge in [-0.3, -0.25) is 4.79 Å². The average molecular weight is 450 g/mol. The molecule has 0 fully saturated rings. The van der Waals surface area contributed by atoms with Gasteiger partial charge in [-0.1, -0.05) is 6.07 Å². The first kappa shape index (κ1) is 18.5. The summed E-state index contributed by atoms with van der Waals surface area (Å²) in [6.45, 7) is 1.91. The van der Waals surface area contributed by atoms with Crippen LogP contribution in [0.1, 0.15) is 11.3 Å². The summed E-state index contributed by atoms with van der Waals surface area (Å²) in [6, 6.07) is 6.48. The fourth-order valence-corrected chi connectivity index (χ4v) is 5.80. The standard InChI is InChI=1S/C19H10F3N3OS3/c1-8-4-6-28-14(8)16-24-13-12-9(10-3-2-5-27-10)7-11(19(20,21)22)23-18(12)29-15(13)17(26)25-16/h2-7H,1H3,(H,24,25,26). The van der Waals surface area contributed by atoms with Crippen LogP contribution < -0.4 is 5.56 Å². The first-order valence-electron chi connectivity index (χ1n) is 8.36. The van der Waals surface area contributed by atoms with Crippen molar-refractivity contribution in [2.24, 2.45) is 0 Å². The van der Waals surface area contributed by atoms with Crippen molar-refractivity contribution in [2.75, 3.05) is 0 Å². The number of H-pyrrole nitrogens is 1. The zero-order chi connectivity index (χ0) is 20.3. The van der Waals surface area contributed by atoms with E-state index in [0.29, 0.717) is 27.2 Å². The lowest BCUT2D eigenvalue weighted by Crippen LogP contribution is -2.08. The van der Waals surface area contributed by atoms with Crippen molar-refractivity contribution in [1.82, 2.24) is 15.0 Å². The Morgan fingerprint density at radius 1 is 1.10 bits per heavy atom. The van der Waals surface area contributed by atoms with Crippen molar-refractivity contribution in [1.29, 1.82) is 0 Å². The molecule has 0 saturated carbocycles. The lowest BCUT2D eigenvalue weighted by molar-refractivity contribution is -0.140. The molecule has 0 aliphatic heterocycles. The lowest BCUT2D eigenvalue weighted by Gasteiger charge is -2.09. The molecule has 146 valence electrons. The van der Waals surface area contributed by atoms with Gasteiger partial charge in [0.05, 0.1) is 10.4 Å². The minimum atomic E-state index is -4.59. The van der Waals surface area contributed by atoms with Crippen LogP contribution in [-0.2, 0) is 6.18 Å². The van der Waals surface area contributed by atoms with E-state index in [2.05, 4.69) is 15.0 Å². The molecular weight excluding hydrogens is 439 g/mol. The Hall–Kier alpha value is -2.56. The Balaban J connectivity index is 1.92. The van der Waals surface area contributed by atoms with Gasteiger partial charge in [-0.15, -0.1) is 34.0 Å². The average Bonchev–Trinajstić information content (AvgIpc) is 3.39. The molecular formula is C19H10F3N3OS3. The Morgan fingerprint density at radius 3 is 2.59 bits per heavy atom. The number of hydrogen-bond acceptors (Lipinski definition) is 6. The fraction of sp³-hybridized carbons (Fsp3) is 0.105. The summed E-state index contributed by atoms with van der Waals surface area (Å²) in [5, 5.41) is 4.17. The number of thiophene rings is 3. The van der Waals surface area contributed by atoms with Gasteiger partial charge in [0.1, 0.15) is 15.2 Å². The molecule has 0 aliphatic rings. The highest BCUT2D eigenvalue weighted by molar-refractivity contribution is 7.25. The molecule has 5 heterocycles. The molecule has 29 heavy (non-hydrogen) atoms. The van der Waals surface area contributed by atoms with Crippen molar-refractivity contribution < 1.29 is 13.2 Å². The first-order valence-corrected chi connectivity index (χ1v) is 10.9. The van der Waals surface area contributed by atoms with Crippen molar-refractivity contribution in [2.45, 2.75) is 13.1 Å². The highest BCUT2D eigenvalue weighted by Crippen LogP contribution is 2.42. The number of aromatic amines is 1. The molecule has 0 bridgehead atoms. The van der Waals surface area contributed by atoms with Gasteiger partial charge >= 0.3 is 6.18 Å². The zero-order valence-electron chi connectivity index (χ0n) is 14.6. The smallest absolute Gasteiger partial charge is 0.305 e. The number of aryl methyl sites for hydroxylation is 1. The quantitative estimate of drug-likeness (QED) is 0.343. The number of pyridine rings is 1. The Kier molecular flexibility index (Phi) is 4.12. The summed E-state index contributed by atoms with van der Waals surface area (Å²) in [6.07, 6.45) is -4.59. The zero-order valence-corrected chi connectivity index (χ0v) is 17.1. The van der Waals surface area contributed by atoms with E-state index in [9.17, 15) is 18.0 Å². The highest BCUT2D eigenvalue weighted by atomic mass is 32.1. The Morgan fingerprint density at radius 2 is 1.93 bits per heavy atom. The molecule has 0 amide bonds. The van der Waals surface area contributed by atoms with E-state index in [1.807, 2.05) is 18.4 Å². The molecule has 1 N–H and O–H groups in total. The SMILES string of the molecule is Cc1ccsc1-c1nc2c(sc3nc(C(F)(F)F)cc(-c4cccs4)c32)c(=O)[nH]1. The maximum absolute atomic E-state index is 13.4. The number of rotatable bonds is 2. The normalized spacial score (nSPS) is 12.3. The van der Waals surface area contributed by atoms with Gasteiger partial charge in [0.15, 0.2) is 5.82 Å². The van der Waals surface area contributed by atoms with Crippen LogP contribution >= 0.6 is 34.0 Å². The Bertz CT molecular complexity index is 1430. The number of halogens is 3. The van der Waals surface area contributed by atoms with Crippen LogP contribution in [0.25, 0.3) is 41.6 Å². The molecule has 0 saturated heterocycles. The molecule has 0 aliphatic carbocycles. The van der Waals surface area contributed by atoms with Gasteiger partial charge in [-0.25, -0.2) is 9.97 Å². The Labute approximate surface area is 173 Å². The third-order valence-electron chi connectivity index (χ3n) is 4.45. The van der Waals surface area contributed by atoms with Crippen molar-refractivity contribution >= 4 is 54.4 Å². The molecule has 5 aromatic rings. The summed E-state index contributed by atoms with van der Waals surface area (Å²) in [5.74, 6) is 0.409. The largest absolute Gasteiger partial charge is 0.433 e. The lowest BCUT2D eigenvalue weighted by atomic mass is 10.1. The van der Waals surface area contributed by atoms with Gasteiger partial charge < -0.3 is 4.98 Å². The second-order valence-electron chi connectivity index (χ2n) is 6.34. The summed E-state index contributed by atoms with van der Waals surface area (Å²) in [7, 11) is 0. The topological polar surface area (TPSA) is 58.6 Å². The van der Waals surface area contributed by atoms with E-state index in [4.69, 9.17) is 0 Å². The third-order valence-corrected chi connectivity index (χ3v) is 7.45. The predicted octanol–water partition coefficient (Wildman–Crippen LogP) is 6.32. The number of nitrogens with zero attached hydrogens (tertiary/aromatic N) is 2. The minimum absolute atomic E-state index is 0.149. The fourth-order valence-electron chi connectivity index (χ4n) is 3.14. The van der Waals surface area contributed by atoms with Gasteiger partial charge in [-0.05, 0) is 41.4 Å². The van der Waals surface area contributed by atoms with E-state index < -0.39 is 11.9 Å². The summed E-state index contributed by atoms with van der Waals surface area (Å²) >= 11 is 3.70. The number of nitrogens with one attached hydrogen (secondary N) is 1. The van der Waals surface area contributed by atoms with Crippen LogP contribution in [0.2, 0.25) is 0 Å². The molecule has 5 aromatic heterocycles. The molecule has 5 rings (SSSR count). The highest BCUT2D eigenvalue weighted by Gasteiger charge is 2.34. The van der Waals surface area contributed by atoms with Gasteiger partial charge in [0.2, 0.25) is 0 Å². The molecule has 0 unspecified atom stereocenters. The van der Waals surface area contributed by atoms with Gasteiger partial charge in [-0.2, -0.15) is 13.2 Å². The van der Waals surface area contributed by atoms with Crippen LogP contribution in [0.5, 0.6) is 0 Å². The van der Waals surface area contributed by atoms with Crippen molar-refractivity contribution in [3.05, 3.63) is 56.6 Å². The second-order valence-corrected chi connectivity index (χ2v) is 9.20. The minimum Gasteiger partial charge on any atom is -0.305 e. The molecule has 10 heteroatoms. The van der Waals surface area contributed by atoms with E-state index in [-0.39, 0.29) is 15.1 Å². The molecule has 4 nitrogen and oxygen atoms in total. The molecule has 0 aromatic carbocycles. The number of alkyl halides is 3. The molecule has 0 spiro atoms. The number of hydrogen-bond donors (Lipinski definition) is 1. The molecule has 0 atom stereocenters. The summed E-state index contributed by atoms with van der Waals surface area (Å²) < 4.78 is 40.6. The van der Waals surface area contributed by atoms with Crippen molar-refractivity contribution in [3.63, 3.8) is 0 Å². The van der Waals surface area contributed by atoms with E-state index in [0.717, 1.165) is 27.8 Å². The van der Waals surface area contributed by atoms with Crippen molar-refractivity contribution in [3.8, 4) is 21.1 Å². The monoisotopic (exact) mass is 449 g/mol. The maximum atomic E-state index is 13.4. The summed E-state index contributed by atoms with van der Waals surface area (Å²) in [4.78, 5) is 25.6. The maximum Gasteiger partial charge on any atom is 0.433 e. The van der Waals surface area contributed by atoms with Crippen LogP contribution in [0, 0.1) is 6.92 Å². The predicted molar refractivity (Wildman–Crippen MR) is 112 cm³/mol. The van der Waals surface area contributed by atoms with E-state index in [1.54, 1.807) is 17.5 Å². The summed E-state index contributed by atoms with van der Waals surface area (Å²) in [5.41, 5.74) is 0.363. The van der Waals surface area contributed by atoms with Gasteiger partial charge in [0, 0.05) is 15.8 Å². The van der Waals surface area contributed by atoms with Crippen LogP contribution in [0.4, 0.5) is 13.2 Å². The first-order chi connectivity index (χ1) is 13.8.